The number of unbranched alkanes of at least 4 members (excludes halogenated alkanes) is 3. The van der Waals surface area contributed by atoms with Crippen LogP contribution in [0.25, 0.3) is 10.8 Å². The molecule has 0 bridgehead atoms. The quantitative estimate of drug-likeness (QED) is 0.0796. The molecule has 4 rings (SSSR count). The molecule has 9 nitrogen and oxygen atoms in total. The average molecular weight is 719 g/mol. The van der Waals surface area contributed by atoms with Crippen LogP contribution in [0.4, 0.5) is 15.3 Å². The highest BCUT2D eigenvalue weighted by Gasteiger charge is 2.26. The lowest BCUT2D eigenvalue weighted by Crippen LogP contribution is -2.47. The number of ether oxygens (including phenoxy) is 2. The van der Waals surface area contributed by atoms with Crippen molar-refractivity contribution in [1.82, 2.24) is 15.5 Å². The Balaban J connectivity index is 1.39. The summed E-state index contributed by atoms with van der Waals surface area (Å²) >= 11 is 0. The van der Waals surface area contributed by atoms with Gasteiger partial charge in [-0.3, -0.25) is 4.79 Å². The summed E-state index contributed by atoms with van der Waals surface area (Å²) in [5.41, 5.74) is 3.79. The molecule has 0 fully saturated rings. The Labute approximate surface area is 314 Å². The van der Waals surface area contributed by atoms with Gasteiger partial charge < -0.3 is 30.3 Å². The summed E-state index contributed by atoms with van der Waals surface area (Å²) in [6, 6.07) is 28.3. The van der Waals surface area contributed by atoms with Gasteiger partial charge in [-0.05, 0) is 106 Å². The topological polar surface area (TPSA) is 109 Å². The van der Waals surface area contributed by atoms with Crippen LogP contribution >= 0.6 is 0 Å². The van der Waals surface area contributed by atoms with E-state index in [4.69, 9.17) is 9.47 Å². The Morgan fingerprint density at radius 2 is 1.47 bits per heavy atom. The number of alkyl carbamates (subject to hydrolysis) is 2. The number of carbonyl (C=O) groups is 3. The molecule has 4 aromatic rings. The number of nitrogens with zero attached hydrogens (tertiary/aromatic N) is 1. The molecule has 0 spiro atoms. The van der Waals surface area contributed by atoms with Crippen molar-refractivity contribution in [3.8, 4) is 11.8 Å². The van der Waals surface area contributed by atoms with E-state index in [-0.39, 0.29) is 18.9 Å². The van der Waals surface area contributed by atoms with Crippen molar-refractivity contribution in [3.05, 3.63) is 113 Å². The summed E-state index contributed by atoms with van der Waals surface area (Å²) in [5, 5.41) is 10.4. The molecule has 1 atom stereocenters. The highest BCUT2D eigenvalue weighted by Crippen LogP contribution is 2.24. The lowest BCUT2D eigenvalue weighted by molar-refractivity contribution is -0.118. The van der Waals surface area contributed by atoms with E-state index in [0.29, 0.717) is 18.7 Å². The summed E-state index contributed by atoms with van der Waals surface area (Å²) in [7, 11) is 4.21. The Hall–Kier alpha value is -5.33. The van der Waals surface area contributed by atoms with Crippen LogP contribution in [0.5, 0.6) is 0 Å². The number of hydrogen-bond donors (Lipinski definition) is 3. The first-order valence-electron chi connectivity index (χ1n) is 18.4. The third kappa shape index (κ3) is 14.7. The summed E-state index contributed by atoms with van der Waals surface area (Å²) in [5.74, 6) is 6.03. The molecule has 0 radical (unpaired) electrons. The van der Waals surface area contributed by atoms with E-state index in [1.165, 1.54) is 24.8 Å². The second-order valence-corrected chi connectivity index (χ2v) is 14.4. The van der Waals surface area contributed by atoms with Gasteiger partial charge in [0, 0.05) is 30.6 Å². The lowest BCUT2D eigenvalue weighted by Gasteiger charge is -2.24. The average Bonchev–Trinajstić information content (AvgIpc) is 3.12. The smallest absolute Gasteiger partial charge is 0.408 e. The Kier molecular flexibility index (Phi) is 15.8. The molecule has 53 heavy (non-hydrogen) atoms. The Bertz CT molecular complexity index is 1840. The molecule has 0 heterocycles. The van der Waals surface area contributed by atoms with Gasteiger partial charge in [0.15, 0.2) is 0 Å². The van der Waals surface area contributed by atoms with E-state index in [2.05, 4.69) is 46.8 Å². The Morgan fingerprint density at radius 3 is 2.19 bits per heavy atom. The first-order valence-corrected chi connectivity index (χ1v) is 18.4. The zero-order chi connectivity index (χ0) is 38.1. The molecule has 3 N–H and O–H groups in total. The van der Waals surface area contributed by atoms with Crippen molar-refractivity contribution >= 4 is 34.6 Å². The fraction of sp³-hybridized carbons (Fsp3) is 0.386. The predicted molar refractivity (Wildman–Crippen MR) is 213 cm³/mol. The minimum absolute atomic E-state index is 0.206. The van der Waals surface area contributed by atoms with Crippen molar-refractivity contribution in [2.75, 3.05) is 32.5 Å². The third-order valence-electron chi connectivity index (χ3n) is 8.44. The van der Waals surface area contributed by atoms with E-state index in [1.807, 2.05) is 91.0 Å². The normalized spacial score (nSPS) is 11.7. The number of benzene rings is 4. The summed E-state index contributed by atoms with van der Waals surface area (Å²) in [6.45, 7) is 7.03. The highest BCUT2D eigenvalue weighted by atomic mass is 16.6. The molecule has 0 saturated carbocycles. The third-order valence-corrected chi connectivity index (χ3v) is 8.44. The van der Waals surface area contributed by atoms with E-state index >= 15 is 0 Å². The Morgan fingerprint density at radius 1 is 0.774 bits per heavy atom. The monoisotopic (exact) mass is 718 g/mol. The zero-order valence-electron chi connectivity index (χ0n) is 31.8. The number of carbonyl (C=O) groups excluding carboxylic acids is 3. The number of aryl methyl sites for hydroxylation is 1. The van der Waals surface area contributed by atoms with Gasteiger partial charge >= 0.3 is 12.2 Å². The molecule has 0 aromatic heterocycles. The minimum Gasteiger partial charge on any atom is -0.445 e. The number of rotatable bonds is 16. The molecule has 0 aliphatic rings. The molecule has 280 valence electrons. The first-order chi connectivity index (χ1) is 25.5. The van der Waals surface area contributed by atoms with Crippen LogP contribution in [0.3, 0.4) is 0 Å². The van der Waals surface area contributed by atoms with E-state index in [0.717, 1.165) is 46.8 Å². The fourth-order valence-corrected chi connectivity index (χ4v) is 5.78. The van der Waals surface area contributed by atoms with Crippen molar-refractivity contribution in [2.24, 2.45) is 0 Å². The summed E-state index contributed by atoms with van der Waals surface area (Å²) < 4.78 is 10.8. The van der Waals surface area contributed by atoms with Crippen LogP contribution in [0.15, 0.2) is 91.0 Å². The molecule has 4 aromatic carbocycles. The maximum atomic E-state index is 13.7. The first kappa shape index (κ1) is 40.4. The maximum Gasteiger partial charge on any atom is 0.408 e. The number of amides is 3. The second-order valence-electron chi connectivity index (χ2n) is 14.4. The molecule has 3 amide bonds. The molecule has 0 unspecified atom stereocenters. The van der Waals surface area contributed by atoms with Gasteiger partial charge in [-0.1, -0.05) is 97.5 Å². The van der Waals surface area contributed by atoms with Crippen LogP contribution < -0.4 is 16.0 Å². The lowest BCUT2D eigenvalue weighted by atomic mass is 9.95. The van der Waals surface area contributed by atoms with Gasteiger partial charge in [-0.25, -0.2) is 9.59 Å². The molecular formula is C44H54N4O5. The van der Waals surface area contributed by atoms with Gasteiger partial charge in [0.25, 0.3) is 0 Å². The largest absolute Gasteiger partial charge is 0.445 e. The number of anilines is 1. The van der Waals surface area contributed by atoms with Crippen molar-refractivity contribution in [1.29, 1.82) is 0 Å². The standard InChI is InChI=1S/C44H54N4O5/c1-44(2,3)53-43(51)47-40(41(49)46-37-27-23-33(24-28-37)17-9-6-7-16-30-48(4)5)31-36-26-25-35(38-21-12-13-22-39(36)38)20-14-15-29-45-42(50)52-32-34-18-10-8-11-19-34/h8,10-13,18-19,21-28,40H,6-7,9,15-17,29-32H2,1-5H3,(H,45,50)(H,46,49)(H,47,51)/t40-/m0/s1. The van der Waals surface area contributed by atoms with E-state index in [9.17, 15) is 14.4 Å². The van der Waals surface area contributed by atoms with Crippen molar-refractivity contribution in [2.45, 2.75) is 84.0 Å². The van der Waals surface area contributed by atoms with Crippen LogP contribution in [-0.4, -0.2) is 61.8 Å². The molecule has 0 aliphatic carbocycles. The van der Waals surface area contributed by atoms with E-state index < -0.39 is 23.8 Å². The minimum atomic E-state index is -0.903. The van der Waals surface area contributed by atoms with Gasteiger partial charge in [-0.15, -0.1) is 0 Å². The summed E-state index contributed by atoms with van der Waals surface area (Å²) in [6.07, 6.45) is 5.27. The highest BCUT2D eigenvalue weighted by molar-refractivity contribution is 5.98. The van der Waals surface area contributed by atoms with Crippen LogP contribution in [-0.2, 0) is 33.7 Å². The molecule has 0 saturated heterocycles. The maximum absolute atomic E-state index is 13.7. The van der Waals surface area contributed by atoms with Crippen LogP contribution in [0, 0.1) is 11.8 Å². The molecule has 0 aliphatic heterocycles. The van der Waals surface area contributed by atoms with E-state index in [1.54, 1.807) is 20.8 Å². The van der Waals surface area contributed by atoms with Gasteiger partial charge in [0.2, 0.25) is 5.91 Å². The van der Waals surface area contributed by atoms with Crippen LogP contribution in [0.1, 0.15) is 75.1 Å². The summed E-state index contributed by atoms with van der Waals surface area (Å²) in [4.78, 5) is 41.0. The number of nitrogens with one attached hydrogen (secondary N) is 3. The van der Waals surface area contributed by atoms with Crippen molar-refractivity contribution in [3.63, 3.8) is 0 Å². The van der Waals surface area contributed by atoms with Gasteiger partial charge in [0.1, 0.15) is 18.2 Å². The van der Waals surface area contributed by atoms with Crippen LogP contribution in [0.2, 0.25) is 0 Å². The number of fused-ring (bicyclic) bond motifs is 1. The van der Waals surface area contributed by atoms with Gasteiger partial charge in [-0.2, -0.15) is 0 Å². The SMILES string of the molecule is CN(C)CCCCCCc1ccc(NC(=O)[C@H](Cc2ccc(C#CCCNC(=O)OCc3ccccc3)c3ccccc23)NC(=O)OC(C)(C)C)cc1. The van der Waals surface area contributed by atoms with Crippen molar-refractivity contribution < 1.29 is 23.9 Å². The molecule has 9 heteroatoms. The fourth-order valence-electron chi connectivity index (χ4n) is 5.78. The second kappa shape index (κ2) is 20.6. The molecular weight excluding hydrogens is 665 g/mol. The number of hydrogen-bond acceptors (Lipinski definition) is 6. The van der Waals surface area contributed by atoms with Gasteiger partial charge in [0.05, 0.1) is 0 Å². The predicted octanol–water partition coefficient (Wildman–Crippen LogP) is 8.25. The zero-order valence-corrected chi connectivity index (χ0v) is 31.8.